The Balaban J connectivity index is 2.14. The zero-order valence-electron chi connectivity index (χ0n) is 9.54. The zero-order chi connectivity index (χ0) is 12.4. The fraction of sp³-hybridized carbons (Fsp3) is 0.273. The Morgan fingerprint density at radius 1 is 1.47 bits per heavy atom. The summed E-state index contributed by atoms with van der Waals surface area (Å²) in [7, 11) is 1.82. The van der Waals surface area contributed by atoms with Gasteiger partial charge >= 0.3 is 0 Å². The van der Waals surface area contributed by atoms with Gasteiger partial charge in [-0.3, -0.25) is 4.68 Å². The highest BCUT2D eigenvalue weighted by Crippen LogP contribution is 2.24. The van der Waals surface area contributed by atoms with Gasteiger partial charge in [0, 0.05) is 12.7 Å². The summed E-state index contributed by atoms with van der Waals surface area (Å²) in [6.07, 6.45) is 1.68. The molecule has 1 N–H and O–H groups in total. The Labute approximate surface area is 107 Å². The summed E-state index contributed by atoms with van der Waals surface area (Å²) in [5.41, 5.74) is 2.69. The third-order valence-electron chi connectivity index (χ3n) is 2.54. The van der Waals surface area contributed by atoms with Crippen LogP contribution in [-0.4, -0.2) is 15.0 Å². The van der Waals surface area contributed by atoms with E-state index in [1.807, 2.05) is 14.0 Å². The largest absolute Gasteiger partial charge is 0.379 e. The van der Waals surface area contributed by atoms with E-state index in [0.717, 1.165) is 16.9 Å². The van der Waals surface area contributed by atoms with Gasteiger partial charge in [-0.25, -0.2) is 4.39 Å². The molecule has 1 heterocycles. The minimum Gasteiger partial charge on any atom is -0.379 e. The van der Waals surface area contributed by atoms with E-state index < -0.39 is 0 Å². The van der Waals surface area contributed by atoms with Crippen molar-refractivity contribution >= 4 is 21.6 Å². The molecule has 17 heavy (non-hydrogen) atoms. The van der Waals surface area contributed by atoms with Gasteiger partial charge in [0.25, 0.3) is 0 Å². The Kier molecular flexibility index (Phi) is 3.42. The van der Waals surface area contributed by atoms with Gasteiger partial charge in [-0.05, 0) is 40.5 Å². The summed E-state index contributed by atoms with van der Waals surface area (Å²) in [5, 5.41) is 10.8. The van der Waals surface area contributed by atoms with Crippen LogP contribution in [0.2, 0.25) is 0 Å². The van der Waals surface area contributed by atoms with Gasteiger partial charge in [0.05, 0.1) is 22.9 Å². The number of anilines is 1. The maximum Gasteiger partial charge on any atom is 0.139 e. The predicted molar refractivity (Wildman–Crippen MR) is 67.2 cm³/mol. The summed E-state index contributed by atoms with van der Waals surface area (Å²) in [4.78, 5) is 0. The standard InChI is InChI=1S/C11H12BrFN4/c1-7-3-9(12)10(13)4-11(7)14-5-8-6-15-16-17(8)2/h3-4,6,14H,5H2,1-2H3. The fourth-order valence-electron chi connectivity index (χ4n) is 1.49. The second-order valence-electron chi connectivity index (χ2n) is 3.78. The lowest BCUT2D eigenvalue weighted by Crippen LogP contribution is -2.06. The van der Waals surface area contributed by atoms with Crippen LogP contribution in [-0.2, 0) is 13.6 Å². The smallest absolute Gasteiger partial charge is 0.139 e. The summed E-state index contributed by atoms with van der Waals surface area (Å²) in [5.74, 6) is -0.277. The molecule has 0 fully saturated rings. The van der Waals surface area contributed by atoms with Crippen LogP contribution in [0, 0.1) is 12.7 Å². The van der Waals surface area contributed by atoms with E-state index in [0.29, 0.717) is 11.0 Å². The van der Waals surface area contributed by atoms with Crippen LogP contribution in [0.1, 0.15) is 11.3 Å². The van der Waals surface area contributed by atoms with Crippen molar-refractivity contribution in [2.24, 2.45) is 7.05 Å². The van der Waals surface area contributed by atoms with Crippen molar-refractivity contribution in [1.29, 1.82) is 0 Å². The van der Waals surface area contributed by atoms with Crippen LogP contribution in [0.4, 0.5) is 10.1 Å². The molecule has 0 saturated heterocycles. The Morgan fingerprint density at radius 2 is 2.24 bits per heavy atom. The van der Waals surface area contributed by atoms with E-state index in [9.17, 15) is 4.39 Å². The monoisotopic (exact) mass is 298 g/mol. The van der Waals surface area contributed by atoms with E-state index in [1.165, 1.54) is 6.07 Å². The molecule has 1 aromatic carbocycles. The molecule has 0 spiro atoms. The van der Waals surface area contributed by atoms with E-state index in [1.54, 1.807) is 16.9 Å². The number of halogens is 2. The van der Waals surface area contributed by atoms with Crippen LogP contribution in [0.5, 0.6) is 0 Å². The molecular formula is C11H12BrFN4. The van der Waals surface area contributed by atoms with Crippen LogP contribution in [0.3, 0.4) is 0 Å². The molecule has 0 amide bonds. The molecule has 0 bridgehead atoms. The number of nitrogens with one attached hydrogen (secondary N) is 1. The van der Waals surface area contributed by atoms with Crippen molar-refractivity contribution in [2.45, 2.75) is 13.5 Å². The summed E-state index contributed by atoms with van der Waals surface area (Å²) in [6, 6.07) is 3.22. The molecule has 6 heteroatoms. The van der Waals surface area contributed by atoms with Crippen molar-refractivity contribution in [3.63, 3.8) is 0 Å². The number of aromatic nitrogens is 3. The first-order valence-electron chi connectivity index (χ1n) is 5.11. The quantitative estimate of drug-likeness (QED) is 0.947. The van der Waals surface area contributed by atoms with Crippen LogP contribution < -0.4 is 5.32 Å². The average molecular weight is 299 g/mol. The molecule has 0 aliphatic heterocycles. The fourth-order valence-corrected chi connectivity index (χ4v) is 1.95. The van der Waals surface area contributed by atoms with Gasteiger partial charge in [0.15, 0.2) is 0 Å². The Hall–Kier alpha value is -1.43. The Morgan fingerprint density at radius 3 is 2.88 bits per heavy atom. The van der Waals surface area contributed by atoms with Gasteiger partial charge in [-0.2, -0.15) is 0 Å². The van der Waals surface area contributed by atoms with Crippen molar-refractivity contribution in [3.8, 4) is 0 Å². The van der Waals surface area contributed by atoms with Gasteiger partial charge in [0.2, 0.25) is 0 Å². The van der Waals surface area contributed by atoms with Gasteiger partial charge in [0.1, 0.15) is 5.82 Å². The van der Waals surface area contributed by atoms with E-state index >= 15 is 0 Å². The Bertz CT molecular complexity index is 538. The van der Waals surface area contributed by atoms with Gasteiger partial charge in [-0.1, -0.05) is 5.21 Å². The van der Waals surface area contributed by atoms with Crippen LogP contribution in [0.15, 0.2) is 22.8 Å². The molecule has 2 rings (SSSR count). The van der Waals surface area contributed by atoms with E-state index in [4.69, 9.17) is 0 Å². The first-order valence-corrected chi connectivity index (χ1v) is 5.90. The van der Waals surface area contributed by atoms with Crippen molar-refractivity contribution < 1.29 is 4.39 Å². The second-order valence-corrected chi connectivity index (χ2v) is 4.64. The zero-order valence-corrected chi connectivity index (χ0v) is 11.1. The summed E-state index contributed by atoms with van der Waals surface area (Å²) >= 11 is 3.15. The molecule has 1 aromatic heterocycles. The van der Waals surface area contributed by atoms with Crippen LogP contribution in [0.25, 0.3) is 0 Å². The highest BCUT2D eigenvalue weighted by atomic mass is 79.9. The highest BCUT2D eigenvalue weighted by Gasteiger charge is 2.06. The maximum absolute atomic E-state index is 13.4. The molecule has 90 valence electrons. The third-order valence-corrected chi connectivity index (χ3v) is 3.14. The number of hydrogen-bond acceptors (Lipinski definition) is 3. The van der Waals surface area contributed by atoms with E-state index in [2.05, 4.69) is 31.6 Å². The molecule has 0 saturated carbocycles. The molecule has 0 radical (unpaired) electrons. The molecular weight excluding hydrogens is 287 g/mol. The van der Waals surface area contributed by atoms with Crippen molar-refractivity contribution in [3.05, 3.63) is 39.9 Å². The number of aryl methyl sites for hydroxylation is 2. The molecule has 0 aliphatic rings. The molecule has 2 aromatic rings. The predicted octanol–water partition coefficient (Wildman–Crippen LogP) is 2.64. The topological polar surface area (TPSA) is 42.7 Å². The SMILES string of the molecule is Cc1cc(Br)c(F)cc1NCc1cnnn1C. The normalized spacial score (nSPS) is 10.6. The lowest BCUT2D eigenvalue weighted by Gasteiger charge is -2.10. The van der Waals surface area contributed by atoms with Crippen molar-refractivity contribution in [2.75, 3.05) is 5.32 Å². The lowest BCUT2D eigenvalue weighted by molar-refractivity contribution is 0.621. The second kappa shape index (κ2) is 4.83. The number of hydrogen-bond donors (Lipinski definition) is 1. The van der Waals surface area contributed by atoms with E-state index in [-0.39, 0.29) is 5.82 Å². The molecule has 0 unspecified atom stereocenters. The maximum atomic E-state index is 13.4. The number of rotatable bonds is 3. The van der Waals surface area contributed by atoms with Gasteiger partial charge < -0.3 is 5.32 Å². The number of benzene rings is 1. The first-order chi connectivity index (χ1) is 8.08. The third kappa shape index (κ3) is 2.63. The first kappa shape index (κ1) is 12.0. The average Bonchev–Trinajstić information content (AvgIpc) is 2.68. The molecule has 4 nitrogen and oxygen atoms in total. The summed E-state index contributed by atoms with van der Waals surface area (Å²) < 4.78 is 15.5. The lowest BCUT2D eigenvalue weighted by atomic mass is 10.2. The highest BCUT2D eigenvalue weighted by molar-refractivity contribution is 9.10. The minimum absolute atomic E-state index is 0.277. The van der Waals surface area contributed by atoms with Crippen molar-refractivity contribution in [1.82, 2.24) is 15.0 Å². The van der Waals surface area contributed by atoms with Crippen LogP contribution >= 0.6 is 15.9 Å². The molecule has 0 atom stereocenters. The molecule has 0 aliphatic carbocycles. The van der Waals surface area contributed by atoms with Gasteiger partial charge in [-0.15, -0.1) is 5.10 Å². The minimum atomic E-state index is -0.277. The number of nitrogens with zero attached hydrogens (tertiary/aromatic N) is 3. The summed E-state index contributed by atoms with van der Waals surface area (Å²) in [6.45, 7) is 2.49.